The summed E-state index contributed by atoms with van der Waals surface area (Å²) in [7, 11) is 0. The summed E-state index contributed by atoms with van der Waals surface area (Å²) in [6.45, 7) is 2.91. The molecule has 1 fully saturated rings. The van der Waals surface area contributed by atoms with E-state index >= 15 is 0 Å². The molecule has 1 aromatic carbocycles. The van der Waals surface area contributed by atoms with Crippen LogP contribution in [0.1, 0.15) is 0 Å². The van der Waals surface area contributed by atoms with Gasteiger partial charge in [0.1, 0.15) is 21.9 Å². The fraction of sp³-hybridized carbons (Fsp3) is 0.294. The zero-order valence-electron chi connectivity index (χ0n) is 14.5. The summed E-state index contributed by atoms with van der Waals surface area (Å²) in [5.41, 5.74) is 0.698. The summed E-state index contributed by atoms with van der Waals surface area (Å²) in [5, 5.41) is 4.36. The molecule has 3 aromatic rings. The van der Waals surface area contributed by atoms with Gasteiger partial charge in [-0.05, 0) is 18.2 Å². The van der Waals surface area contributed by atoms with Crippen LogP contribution in [0.15, 0.2) is 29.6 Å². The molecule has 0 atom stereocenters. The molecule has 0 saturated carbocycles. The summed E-state index contributed by atoms with van der Waals surface area (Å²) in [4.78, 5) is 27.4. The number of benzene rings is 1. The molecule has 1 aliphatic rings. The van der Waals surface area contributed by atoms with E-state index in [1.807, 2.05) is 0 Å². The average molecular weight is 440 g/mol. The van der Waals surface area contributed by atoms with E-state index in [0.717, 1.165) is 29.0 Å². The lowest BCUT2D eigenvalue weighted by Crippen LogP contribution is -2.36. The van der Waals surface area contributed by atoms with E-state index in [-0.39, 0.29) is 22.4 Å². The Bertz CT molecular complexity index is 1010. The van der Waals surface area contributed by atoms with Crippen LogP contribution in [-0.2, 0) is 9.53 Å². The van der Waals surface area contributed by atoms with Gasteiger partial charge in [-0.15, -0.1) is 0 Å². The number of carbonyl (C=O) groups is 1. The van der Waals surface area contributed by atoms with Crippen molar-refractivity contribution in [3.05, 3.63) is 35.4 Å². The Labute approximate surface area is 173 Å². The number of hydrogen-bond donors (Lipinski definition) is 1. The number of thioether (sulfide) groups is 1. The van der Waals surface area contributed by atoms with Gasteiger partial charge in [0.15, 0.2) is 10.8 Å². The molecule has 1 amide bonds. The molecular formula is C17H15ClFN5O2S2. The Morgan fingerprint density at radius 3 is 2.96 bits per heavy atom. The minimum Gasteiger partial charge on any atom is -0.378 e. The fourth-order valence-electron chi connectivity index (χ4n) is 2.63. The molecule has 28 heavy (non-hydrogen) atoms. The number of hydrogen-bond acceptors (Lipinski definition) is 8. The first-order valence-corrected chi connectivity index (χ1v) is 10.6. The predicted molar refractivity (Wildman–Crippen MR) is 109 cm³/mol. The summed E-state index contributed by atoms with van der Waals surface area (Å²) >= 11 is 8.48. The van der Waals surface area contributed by atoms with E-state index < -0.39 is 5.82 Å². The second-order valence-corrected chi connectivity index (χ2v) is 8.27. The first-order valence-electron chi connectivity index (χ1n) is 8.42. The molecule has 0 radical (unpaired) electrons. The summed E-state index contributed by atoms with van der Waals surface area (Å²) in [5.74, 6) is -0.831. The van der Waals surface area contributed by atoms with Crippen molar-refractivity contribution in [1.82, 2.24) is 15.0 Å². The van der Waals surface area contributed by atoms with Gasteiger partial charge in [0.05, 0.1) is 24.7 Å². The SMILES string of the molecule is O=C(CSc1ncnc2nc(N3CCOCC3)sc12)Nc1ccc(Cl)cc1F. The van der Waals surface area contributed by atoms with Crippen molar-refractivity contribution >= 4 is 61.8 Å². The molecule has 0 spiro atoms. The van der Waals surface area contributed by atoms with Crippen LogP contribution in [0.25, 0.3) is 10.3 Å². The van der Waals surface area contributed by atoms with Crippen molar-refractivity contribution in [2.45, 2.75) is 5.03 Å². The highest BCUT2D eigenvalue weighted by atomic mass is 35.5. The van der Waals surface area contributed by atoms with Crippen molar-refractivity contribution in [2.24, 2.45) is 0 Å². The van der Waals surface area contributed by atoms with E-state index in [9.17, 15) is 9.18 Å². The van der Waals surface area contributed by atoms with Crippen LogP contribution in [0.3, 0.4) is 0 Å². The topological polar surface area (TPSA) is 80.2 Å². The number of halogens is 2. The molecule has 4 rings (SSSR count). The largest absolute Gasteiger partial charge is 0.378 e. The first-order chi connectivity index (χ1) is 13.6. The lowest BCUT2D eigenvalue weighted by molar-refractivity contribution is -0.113. The third-order valence-corrected chi connectivity index (χ3v) is 6.44. The maximum absolute atomic E-state index is 13.8. The second kappa shape index (κ2) is 8.56. The molecule has 2 aromatic heterocycles. The Morgan fingerprint density at radius 1 is 1.36 bits per heavy atom. The molecule has 1 N–H and O–H groups in total. The van der Waals surface area contributed by atoms with Crippen molar-refractivity contribution in [3.63, 3.8) is 0 Å². The van der Waals surface area contributed by atoms with Crippen LogP contribution in [-0.4, -0.2) is 52.9 Å². The number of amides is 1. The molecular weight excluding hydrogens is 425 g/mol. The molecule has 0 bridgehead atoms. The smallest absolute Gasteiger partial charge is 0.234 e. The van der Waals surface area contributed by atoms with E-state index in [2.05, 4.69) is 25.2 Å². The summed E-state index contributed by atoms with van der Waals surface area (Å²) in [6, 6.07) is 4.11. The van der Waals surface area contributed by atoms with Crippen LogP contribution < -0.4 is 10.2 Å². The van der Waals surface area contributed by atoms with Crippen molar-refractivity contribution in [3.8, 4) is 0 Å². The maximum Gasteiger partial charge on any atom is 0.234 e. The van der Waals surface area contributed by atoms with Gasteiger partial charge >= 0.3 is 0 Å². The first kappa shape index (κ1) is 19.3. The number of ether oxygens (including phenoxy) is 1. The summed E-state index contributed by atoms with van der Waals surface area (Å²) in [6.07, 6.45) is 1.43. The monoisotopic (exact) mass is 439 g/mol. The Balaban J connectivity index is 1.45. The van der Waals surface area contributed by atoms with Crippen LogP contribution >= 0.6 is 34.7 Å². The second-order valence-electron chi connectivity index (χ2n) is 5.89. The lowest BCUT2D eigenvalue weighted by atomic mass is 10.3. The van der Waals surface area contributed by atoms with Gasteiger partial charge in [-0.3, -0.25) is 4.79 Å². The van der Waals surface area contributed by atoms with Gasteiger partial charge in [0.2, 0.25) is 5.91 Å². The fourth-order valence-corrected chi connectivity index (χ4v) is 4.73. The van der Waals surface area contributed by atoms with Crippen LogP contribution in [0.5, 0.6) is 0 Å². The van der Waals surface area contributed by atoms with Gasteiger partial charge in [-0.25, -0.2) is 14.4 Å². The van der Waals surface area contributed by atoms with E-state index in [4.69, 9.17) is 16.3 Å². The van der Waals surface area contributed by atoms with E-state index in [0.29, 0.717) is 23.9 Å². The number of aromatic nitrogens is 3. The zero-order chi connectivity index (χ0) is 19.5. The number of anilines is 2. The third-order valence-electron chi connectivity index (χ3n) is 3.97. The zero-order valence-corrected chi connectivity index (χ0v) is 16.9. The Hall–Kier alpha value is -2.01. The standard InChI is InChI=1S/C17H15ClFN5O2S2/c18-10-1-2-12(11(19)7-10)22-13(25)8-27-16-14-15(20-9-21-16)23-17(28-14)24-3-5-26-6-4-24/h1-2,7,9H,3-6,8H2,(H,22,25). The highest BCUT2D eigenvalue weighted by Gasteiger charge is 2.18. The number of nitrogens with one attached hydrogen (secondary N) is 1. The number of carbonyl (C=O) groups excluding carboxylic acids is 1. The highest BCUT2D eigenvalue weighted by molar-refractivity contribution is 8.00. The quantitative estimate of drug-likeness (QED) is 0.481. The van der Waals surface area contributed by atoms with Gasteiger partial charge < -0.3 is 15.0 Å². The molecule has 11 heteroatoms. The lowest BCUT2D eigenvalue weighted by Gasteiger charge is -2.25. The van der Waals surface area contributed by atoms with Gasteiger partial charge in [-0.2, -0.15) is 4.98 Å². The number of morpholine rings is 1. The predicted octanol–water partition coefficient (Wildman–Crippen LogP) is 3.45. The highest BCUT2D eigenvalue weighted by Crippen LogP contribution is 2.34. The molecule has 3 heterocycles. The van der Waals surface area contributed by atoms with Gasteiger partial charge in [0, 0.05) is 18.1 Å². The van der Waals surface area contributed by atoms with Crippen LogP contribution in [0, 0.1) is 5.82 Å². The molecule has 1 saturated heterocycles. The molecule has 1 aliphatic heterocycles. The minimum absolute atomic E-state index is 0.0823. The molecule has 0 unspecified atom stereocenters. The van der Waals surface area contributed by atoms with E-state index in [1.54, 1.807) is 0 Å². The normalized spacial score (nSPS) is 14.4. The summed E-state index contributed by atoms with van der Waals surface area (Å²) < 4.78 is 20.0. The Morgan fingerprint density at radius 2 is 2.18 bits per heavy atom. The number of fused-ring (bicyclic) bond motifs is 1. The van der Waals surface area contributed by atoms with Crippen molar-refractivity contribution in [2.75, 3.05) is 42.3 Å². The number of thiazole rings is 1. The number of nitrogens with zero attached hydrogens (tertiary/aromatic N) is 4. The van der Waals surface area contributed by atoms with Gasteiger partial charge in [-0.1, -0.05) is 34.7 Å². The third kappa shape index (κ3) is 4.35. The maximum atomic E-state index is 13.8. The van der Waals surface area contributed by atoms with Crippen molar-refractivity contribution < 1.29 is 13.9 Å². The molecule has 7 nitrogen and oxygen atoms in total. The molecule has 146 valence electrons. The van der Waals surface area contributed by atoms with Gasteiger partial charge in [0.25, 0.3) is 0 Å². The number of rotatable bonds is 5. The molecule has 0 aliphatic carbocycles. The van der Waals surface area contributed by atoms with Crippen LogP contribution in [0.2, 0.25) is 5.02 Å². The van der Waals surface area contributed by atoms with E-state index in [1.165, 1.54) is 41.6 Å². The Kier molecular flexibility index (Phi) is 5.90. The minimum atomic E-state index is -0.576. The average Bonchev–Trinajstić information content (AvgIpc) is 3.14. The van der Waals surface area contributed by atoms with Crippen molar-refractivity contribution in [1.29, 1.82) is 0 Å². The van der Waals surface area contributed by atoms with Crippen LogP contribution in [0.4, 0.5) is 15.2 Å².